The number of hydrogen-bond acceptors (Lipinski definition) is 4. The minimum Gasteiger partial charge on any atom is -0.748 e. The Hall–Kier alpha value is -0.420. The fourth-order valence-electron chi connectivity index (χ4n) is 4.89. The molecule has 3 atom stereocenters. The molecule has 3 fully saturated rings. The molecule has 3 unspecified atom stereocenters. The molecule has 0 aromatic heterocycles. The highest BCUT2D eigenvalue weighted by Crippen LogP contribution is 2.89. The molecule has 1 spiro atoms. The third kappa shape index (κ3) is 0.840. The molecule has 16 heavy (non-hydrogen) atoms. The number of rotatable bonds is 2. The van der Waals surface area contributed by atoms with Crippen LogP contribution in [0.4, 0.5) is 0 Å². The zero-order chi connectivity index (χ0) is 12.0. The predicted octanol–water partition coefficient (Wildman–Crippen LogP) is 0.927. The van der Waals surface area contributed by atoms with E-state index in [2.05, 4.69) is 13.8 Å². The van der Waals surface area contributed by atoms with E-state index >= 15 is 0 Å². The van der Waals surface area contributed by atoms with Gasteiger partial charge in [0.25, 0.3) is 0 Å². The maximum absolute atomic E-state index is 12.0. The number of carbonyl (C=O) groups excluding carboxylic acids is 1. The first-order chi connectivity index (χ1) is 7.17. The van der Waals surface area contributed by atoms with Gasteiger partial charge in [-0.3, -0.25) is 4.79 Å². The van der Waals surface area contributed by atoms with Crippen molar-refractivity contribution >= 4 is 15.9 Å². The lowest BCUT2D eigenvalue weighted by atomic mass is 9.55. The summed E-state index contributed by atoms with van der Waals surface area (Å²) in [5, 5.41) is 0. The average molecular weight is 243 g/mol. The second-order valence-electron chi connectivity index (χ2n) is 6.16. The molecule has 0 saturated heterocycles. The Morgan fingerprint density at radius 3 is 2.44 bits per heavy atom. The van der Waals surface area contributed by atoms with Gasteiger partial charge in [0.2, 0.25) is 0 Å². The van der Waals surface area contributed by atoms with Crippen LogP contribution in [0.3, 0.4) is 0 Å². The molecule has 5 heteroatoms. The molecule has 3 saturated carbocycles. The molecule has 0 aromatic rings. The van der Waals surface area contributed by atoms with E-state index < -0.39 is 21.3 Å². The molecule has 3 aliphatic carbocycles. The normalized spacial score (nSPS) is 48.2. The fraction of sp³-hybridized carbons (Fsp3) is 0.909. The van der Waals surface area contributed by atoms with Crippen molar-refractivity contribution in [1.29, 1.82) is 0 Å². The van der Waals surface area contributed by atoms with Crippen LogP contribution in [-0.2, 0) is 14.9 Å². The first-order valence-electron chi connectivity index (χ1n) is 5.64. The summed E-state index contributed by atoms with van der Waals surface area (Å²) in [4.78, 5) is 12.0. The van der Waals surface area contributed by atoms with Crippen LogP contribution in [0.5, 0.6) is 0 Å². The number of ketones is 1. The topological polar surface area (TPSA) is 74.3 Å². The molecular formula is C11H15O4S-. The Labute approximate surface area is 95.2 Å². The third-order valence-electron chi connectivity index (χ3n) is 5.68. The molecule has 0 bridgehead atoms. The average Bonchev–Trinajstić information content (AvgIpc) is 2.51. The number of hydrogen-bond donors (Lipinski definition) is 0. The lowest BCUT2D eigenvalue weighted by molar-refractivity contribution is -0.137. The van der Waals surface area contributed by atoms with E-state index in [4.69, 9.17) is 0 Å². The van der Waals surface area contributed by atoms with Crippen molar-refractivity contribution < 1.29 is 17.8 Å². The van der Waals surface area contributed by atoms with Crippen molar-refractivity contribution in [3.63, 3.8) is 0 Å². The van der Waals surface area contributed by atoms with E-state index in [1.165, 1.54) is 0 Å². The third-order valence-corrected chi connectivity index (χ3v) is 6.53. The zero-order valence-corrected chi connectivity index (χ0v) is 10.3. The Kier molecular flexibility index (Phi) is 1.60. The van der Waals surface area contributed by atoms with Gasteiger partial charge >= 0.3 is 0 Å². The monoisotopic (exact) mass is 243 g/mol. The summed E-state index contributed by atoms with van der Waals surface area (Å²) < 4.78 is 32.9. The summed E-state index contributed by atoms with van der Waals surface area (Å²) in [5.41, 5.74) is -0.930. The molecule has 0 aromatic carbocycles. The molecule has 0 aliphatic heterocycles. The highest BCUT2D eigenvalue weighted by atomic mass is 32.2. The van der Waals surface area contributed by atoms with E-state index in [-0.39, 0.29) is 16.6 Å². The van der Waals surface area contributed by atoms with Gasteiger partial charge in [-0.1, -0.05) is 13.8 Å². The van der Waals surface area contributed by atoms with Crippen LogP contribution in [0.15, 0.2) is 0 Å². The van der Waals surface area contributed by atoms with Crippen LogP contribution < -0.4 is 0 Å². The Morgan fingerprint density at radius 2 is 2.00 bits per heavy atom. The minimum atomic E-state index is -4.31. The smallest absolute Gasteiger partial charge is 0.140 e. The van der Waals surface area contributed by atoms with Crippen LogP contribution >= 0.6 is 0 Å². The van der Waals surface area contributed by atoms with Gasteiger partial charge in [-0.15, -0.1) is 0 Å². The van der Waals surface area contributed by atoms with Gasteiger partial charge in [0, 0.05) is 11.8 Å². The van der Waals surface area contributed by atoms with E-state index in [1.54, 1.807) is 0 Å². The van der Waals surface area contributed by atoms with E-state index in [1.807, 2.05) is 0 Å². The second kappa shape index (κ2) is 2.38. The van der Waals surface area contributed by atoms with E-state index in [0.717, 1.165) is 6.42 Å². The maximum atomic E-state index is 12.0. The Balaban J connectivity index is 2.05. The first kappa shape index (κ1) is 10.7. The van der Waals surface area contributed by atoms with Gasteiger partial charge in [0.05, 0.1) is 15.9 Å². The van der Waals surface area contributed by atoms with Gasteiger partial charge in [0.1, 0.15) is 5.78 Å². The standard InChI is InChI=1S/C11H16O4S/c1-9(2)7-5-8(12)10(6-16(13,14)15)3-4-11(7,9)10/h7H,3-6H2,1-2H3,(H,13,14,15)/p-1. The van der Waals surface area contributed by atoms with Crippen LogP contribution in [0.2, 0.25) is 0 Å². The first-order valence-corrected chi connectivity index (χ1v) is 7.22. The van der Waals surface area contributed by atoms with E-state index in [0.29, 0.717) is 18.8 Å². The van der Waals surface area contributed by atoms with E-state index in [9.17, 15) is 17.8 Å². The molecular weight excluding hydrogens is 228 g/mol. The van der Waals surface area contributed by atoms with Crippen molar-refractivity contribution in [2.45, 2.75) is 33.1 Å². The summed E-state index contributed by atoms with van der Waals surface area (Å²) in [6.07, 6.45) is 1.97. The van der Waals surface area contributed by atoms with Crippen molar-refractivity contribution in [2.24, 2.45) is 22.2 Å². The molecule has 4 nitrogen and oxygen atoms in total. The summed E-state index contributed by atoms with van der Waals surface area (Å²) in [7, 11) is -4.31. The second-order valence-corrected chi connectivity index (χ2v) is 7.56. The van der Waals surface area contributed by atoms with Crippen molar-refractivity contribution in [3.05, 3.63) is 0 Å². The molecule has 90 valence electrons. The molecule has 3 aliphatic rings. The zero-order valence-electron chi connectivity index (χ0n) is 9.45. The predicted molar refractivity (Wildman–Crippen MR) is 55.6 cm³/mol. The van der Waals surface area contributed by atoms with Gasteiger partial charge in [0.15, 0.2) is 0 Å². The quantitative estimate of drug-likeness (QED) is 0.676. The SMILES string of the molecule is CC1(C)C2CC(=O)C3(CS(=O)(=O)[O-])CCC231. The Morgan fingerprint density at radius 1 is 1.38 bits per heavy atom. The van der Waals surface area contributed by atoms with Gasteiger partial charge in [-0.2, -0.15) is 0 Å². The van der Waals surface area contributed by atoms with Crippen LogP contribution in [-0.4, -0.2) is 24.5 Å². The summed E-state index contributed by atoms with van der Waals surface area (Å²) >= 11 is 0. The van der Waals surface area contributed by atoms with Gasteiger partial charge in [-0.25, -0.2) is 8.42 Å². The Bertz CT molecular complexity index is 492. The molecule has 0 amide bonds. The lowest BCUT2D eigenvalue weighted by Crippen LogP contribution is -2.52. The fourth-order valence-corrected chi connectivity index (χ4v) is 6.06. The summed E-state index contributed by atoms with van der Waals surface area (Å²) in [6.45, 7) is 4.19. The number of carbonyl (C=O) groups is 1. The molecule has 0 N–H and O–H groups in total. The van der Waals surface area contributed by atoms with Gasteiger partial charge < -0.3 is 4.55 Å². The van der Waals surface area contributed by atoms with Crippen molar-refractivity contribution in [2.75, 3.05) is 5.75 Å². The van der Waals surface area contributed by atoms with Crippen molar-refractivity contribution in [1.82, 2.24) is 0 Å². The molecule has 3 rings (SSSR count). The van der Waals surface area contributed by atoms with Crippen molar-refractivity contribution in [3.8, 4) is 0 Å². The summed E-state index contributed by atoms with van der Waals surface area (Å²) in [5.74, 6) is -0.149. The van der Waals surface area contributed by atoms with Crippen LogP contribution in [0.25, 0.3) is 0 Å². The van der Waals surface area contributed by atoms with Crippen LogP contribution in [0, 0.1) is 22.2 Å². The minimum absolute atomic E-state index is 0.0162. The van der Waals surface area contributed by atoms with Gasteiger partial charge in [-0.05, 0) is 29.6 Å². The highest BCUT2D eigenvalue weighted by molar-refractivity contribution is 7.85. The van der Waals surface area contributed by atoms with Crippen LogP contribution in [0.1, 0.15) is 33.1 Å². The largest absolute Gasteiger partial charge is 0.748 e. The maximum Gasteiger partial charge on any atom is 0.140 e. The summed E-state index contributed by atoms with van der Waals surface area (Å²) in [6, 6.07) is 0. The molecule has 0 radical (unpaired) electrons. The highest BCUT2D eigenvalue weighted by Gasteiger charge is 2.88. The molecule has 0 heterocycles. The number of Topliss-reactive ketones (excluding diaryl/α,β-unsaturated/α-hetero) is 1. The lowest BCUT2D eigenvalue weighted by Gasteiger charge is -2.50.